The van der Waals surface area contributed by atoms with Crippen LogP contribution in [0, 0.1) is 0 Å². The second kappa shape index (κ2) is 8.45. The second-order valence-electron chi connectivity index (χ2n) is 8.40. The Morgan fingerprint density at radius 3 is 1.68 bits per heavy atom. The quantitative estimate of drug-likeness (QED) is 0.234. The normalized spacial score (nSPS) is 11.5. The third kappa shape index (κ3) is 3.22. The van der Waals surface area contributed by atoms with E-state index in [1.54, 1.807) is 0 Å². The molecular weight excluding hydrogens is 414 g/mol. The van der Waals surface area contributed by atoms with Gasteiger partial charge in [0.25, 0.3) is 0 Å². The van der Waals surface area contributed by atoms with Gasteiger partial charge in [0.1, 0.15) is 5.54 Å². The Kier molecular flexibility index (Phi) is 5.00. The van der Waals surface area contributed by atoms with Crippen molar-refractivity contribution in [1.29, 1.82) is 0 Å². The molecule has 6 rings (SSSR count). The van der Waals surface area contributed by atoms with Crippen LogP contribution in [0.4, 0.5) is 0 Å². The minimum absolute atomic E-state index is 0.611. The molecule has 3 nitrogen and oxygen atoms in total. The Bertz CT molecular complexity index is 1440. The fourth-order valence-electron chi connectivity index (χ4n) is 4.96. The van der Waals surface area contributed by atoms with Crippen LogP contribution in [-0.2, 0) is 5.54 Å². The standard InChI is InChI=1S/C31H24N3/c1-4-13-26(14-5-1)31(27-15-6-2-7-16-27,28-17-8-3-9-18-28)34-24-25(23-32-34)29-19-12-22-33-21-11-10-20-30(29)33/h1-24H/q+1. The van der Waals surface area contributed by atoms with E-state index in [9.17, 15) is 0 Å². The number of hydrogen-bond acceptors (Lipinski definition) is 1. The first-order valence-corrected chi connectivity index (χ1v) is 11.5. The summed E-state index contributed by atoms with van der Waals surface area (Å²) >= 11 is 0. The topological polar surface area (TPSA) is 21.9 Å². The minimum Gasteiger partial charge on any atom is -0.252 e. The van der Waals surface area contributed by atoms with Crippen molar-refractivity contribution in [1.82, 2.24) is 9.78 Å². The van der Waals surface area contributed by atoms with Crippen LogP contribution in [0.25, 0.3) is 16.6 Å². The lowest BCUT2D eigenvalue weighted by molar-refractivity contribution is -0.511. The molecular formula is C31H24N3+. The third-order valence-corrected chi connectivity index (χ3v) is 6.49. The van der Waals surface area contributed by atoms with Crippen LogP contribution in [0.3, 0.4) is 0 Å². The number of benzene rings is 3. The van der Waals surface area contributed by atoms with Gasteiger partial charge in [-0.15, -0.1) is 0 Å². The zero-order valence-electron chi connectivity index (χ0n) is 18.7. The predicted molar refractivity (Wildman–Crippen MR) is 135 cm³/mol. The number of aromatic nitrogens is 3. The first-order valence-electron chi connectivity index (χ1n) is 11.5. The molecule has 0 bridgehead atoms. The van der Waals surface area contributed by atoms with Crippen molar-refractivity contribution in [2.45, 2.75) is 5.54 Å². The van der Waals surface area contributed by atoms with E-state index in [0.29, 0.717) is 0 Å². The highest BCUT2D eigenvalue weighted by molar-refractivity contribution is 5.76. The molecule has 0 atom stereocenters. The summed E-state index contributed by atoms with van der Waals surface area (Å²) in [6, 6.07) is 42.4. The first-order chi connectivity index (χ1) is 16.9. The molecule has 0 unspecified atom stereocenters. The molecule has 3 heteroatoms. The smallest absolute Gasteiger partial charge is 0.218 e. The average molecular weight is 439 g/mol. The van der Waals surface area contributed by atoms with Crippen LogP contribution >= 0.6 is 0 Å². The molecule has 0 aliphatic rings. The molecule has 34 heavy (non-hydrogen) atoms. The van der Waals surface area contributed by atoms with E-state index in [-0.39, 0.29) is 0 Å². The van der Waals surface area contributed by atoms with E-state index < -0.39 is 5.54 Å². The maximum absolute atomic E-state index is 5.01. The van der Waals surface area contributed by atoms with Crippen LogP contribution in [0.15, 0.2) is 146 Å². The Morgan fingerprint density at radius 1 is 0.559 bits per heavy atom. The molecule has 0 N–H and O–H groups in total. The van der Waals surface area contributed by atoms with E-state index in [0.717, 1.165) is 33.3 Å². The molecule has 0 spiro atoms. The number of hydrogen-bond donors (Lipinski definition) is 0. The molecule has 162 valence electrons. The lowest BCUT2D eigenvalue weighted by Gasteiger charge is -2.36. The van der Waals surface area contributed by atoms with Gasteiger partial charge in [-0.2, -0.15) is 9.50 Å². The molecule has 0 radical (unpaired) electrons. The maximum atomic E-state index is 5.01. The largest absolute Gasteiger partial charge is 0.252 e. The highest BCUT2D eigenvalue weighted by Gasteiger charge is 2.39. The summed E-state index contributed by atoms with van der Waals surface area (Å²) < 4.78 is 4.26. The van der Waals surface area contributed by atoms with E-state index in [1.807, 2.05) is 12.3 Å². The molecule has 0 aliphatic carbocycles. The molecule has 0 saturated carbocycles. The molecule has 0 fully saturated rings. The summed E-state index contributed by atoms with van der Waals surface area (Å²) in [7, 11) is 0. The fourth-order valence-corrected chi connectivity index (χ4v) is 4.96. The number of nitrogens with zero attached hydrogens (tertiary/aromatic N) is 3. The van der Waals surface area contributed by atoms with Crippen molar-refractivity contribution >= 4 is 5.52 Å². The van der Waals surface area contributed by atoms with Crippen molar-refractivity contribution in [2.75, 3.05) is 0 Å². The summed E-state index contributed by atoms with van der Waals surface area (Å²) in [4.78, 5) is 0. The Labute approximate surface area is 199 Å². The van der Waals surface area contributed by atoms with Gasteiger partial charge < -0.3 is 0 Å². The molecule has 0 saturated heterocycles. The molecule has 3 aromatic heterocycles. The zero-order valence-corrected chi connectivity index (χ0v) is 18.7. The van der Waals surface area contributed by atoms with Gasteiger partial charge in [-0.05, 0) is 28.8 Å². The van der Waals surface area contributed by atoms with Crippen LogP contribution in [0.2, 0.25) is 0 Å². The molecule has 0 amide bonds. The fraction of sp³-hybridized carbons (Fsp3) is 0.0323. The molecule has 3 heterocycles. The van der Waals surface area contributed by atoms with Gasteiger partial charge >= 0.3 is 0 Å². The lowest BCUT2D eigenvalue weighted by Crippen LogP contribution is -2.38. The van der Waals surface area contributed by atoms with Gasteiger partial charge in [0.2, 0.25) is 5.52 Å². The van der Waals surface area contributed by atoms with Crippen LogP contribution in [-0.4, -0.2) is 9.78 Å². The number of rotatable bonds is 5. The monoisotopic (exact) mass is 438 g/mol. The summed E-state index contributed by atoms with van der Waals surface area (Å²) in [6.45, 7) is 0. The first kappa shape index (κ1) is 20.1. The van der Waals surface area contributed by atoms with Crippen LogP contribution < -0.4 is 4.40 Å². The lowest BCUT2D eigenvalue weighted by atomic mass is 9.77. The van der Waals surface area contributed by atoms with Gasteiger partial charge in [0, 0.05) is 30.0 Å². The number of pyridine rings is 2. The van der Waals surface area contributed by atoms with Gasteiger partial charge in [-0.1, -0.05) is 91.0 Å². The van der Waals surface area contributed by atoms with Crippen molar-refractivity contribution in [3.8, 4) is 11.1 Å². The van der Waals surface area contributed by atoms with Crippen molar-refractivity contribution in [2.24, 2.45) is 0 Å². The predicted octanol–water partition coefficient (Wildman–Crippen LogP) is 6.13. The summed E-state index contributed by atoms with van der Waals surface area (Å²) in [6.07, 6.45) is 8.30. The van der Waals surface area contributed by atoms with Gasteiger partial charge in [-0.25, -0.2) is 0 Å². The highest BCUT2D eigenvalue weighted by atomic mass is 15.3. The SMILES string of the molecule is c1ccc(C(c2ccccc2)(c2ccccc2)n2cc(-c3ccc[n+]4ccccc34)cn2)cc1. The minimum atomic E-state index is -0.611. The molecule has 0 aliphatic heterocycles. The van der Waals surface area contributed by atoms with E-state index in [1.165, 1.54) is 0 Å². The Hall–Kier alpha value is -4.50. The van der Waals surface area contributed by atoms with Crippen LogP contribution in [0.1, 0.15) is 16.7 Å². The number of fused-ring (bicyclic) bond motifs is 1. The highest BCUT2D eigenvalue weighted by Crippen LogP contribution is 2.41. The van der Waals surface area contributed by atoms with E-state index in [4.69, 9.17) is 5.10 Å². The van der Waals surface area contributed by atoms with Crippen molar-refractivity contribution < 1.29 is 4.40 Å². The van der Waals surface area contributed by atoms with E-state index >= 15 is 0 Å². The molecule has 3 aromatic carbocycles. The summed E-state index contributed by atoms with van der Waals surface area (Å²) in [5.41, 5.74) is 6.25. The van der Waals surface area contributed by atoms with Crippen LogP contribution in [0.5, 0.6) is 0 Å². The summed E-state index contributed by atoms with van der Waals surface area (Å²) in [5, 5.41) is 5.01. The Balaban J connectivity index is 1.65. The van der Waals surface area contributed by atoms with Gasteiger partial charge in [0.05, 0.1) is 11.8 Å². The maximum Gasteiger partial charge on any atom is 0.218 e. The van der Waals surface area contributed by atoms with Crippen molar-refractivity contribution in [3.05, 3.63) is 163 Å². The third-order valence-electron chi connectivity index (χ3n) is 6.49. The van der Waals surface area contributed by atoms with Gasteiger partial charge in [0.15, 0.2) is 12.4 Å². The van der Waals surface area contributed by atoms with Gasteiger partial charge in [-0.3, -0.25) is 4.68 Å². The summed E-state index contributed by atoms with van der Waals surface area (Å²) in [5.74, 6) is 0. The van der Waals surface area contributed by atoms with E-state index in [2.05, 4.69) is 143 Å². The van der Waals surface area contributed by atoms with Crippen molar-refractivity contribution in [3.63, 3.8) is 0 Å². The average Bonchev–Trinajstić information content (AvgIpc) is 3.41. The Morgan fingerprint density at radius 2 is 1.09 bits per heavy atom. The second-order valence-corrected chi connectivity index (χ2v) is 8.40. The molecule has 6 aromatic rings. The zero-order chi connectivity index (χ0) is 22.8.